The summed E-state index contributed by atoms with van der Waals surface area (Å²) in [7, 11) is 10.4. The number of furan rings is 1. The molecular formula is C78H48Cl3N9O6Pt3S2. The molecule has 0 unspecified atom stereocenters. The minimum absolute atomic E-state index is 0.340. The zero-order valence-corrected chi connectivity index (χ0v) is 62.8. The third-order valence-corrected chi connectivity index (χ3v) is 18.8. The first-order valence-corrected chi connectivity index (χ1v) is 41.2. The van der Waals surface area contributed by atoms with Crippen LogP contribution in [0.4, 0.5) is 0 Å². The molecule has 1 aliphatic rings. The maximum absolute atomic E-state index is 12.8. The van der Waals surface area contributed by atoms with E-state index in [0.29, 0.717) is 55.9 Å². The number of thiophene rings is 1. The molecule has 0 spiro atoms. The Kier molecular flexibility index (Phi) is 22.7. The Bertz CT molecular complexity index is 5580. The van der Waals surface area contributed by atoms with Crippen molar-refractivity contribution in [2.24, 2.45) is 0 Å². The second-order valence-corrected chi connectivity index (χ2v) is 24.8. The standard InChI is InChI=1S/C26H16N3O3S.C26H16N3O2.C26H16N3OS.3ClH.3Pt/c30-33(31)24-9-2-1-8-22(24)23-14-18(11-12-25(23)33)19-16-28-29(17-19)20-6-5-7-21(15-20)32-26-10-3-4-13-27-26;2*1-2-9-24-22(8-1)23-14-18(11-12-25(23)31-24)19-16-28-29(17-19)20-6-5-7-21(15-20)30-26-10-3-4-13-27-26;;;;;;/h1-14,16-17H;2*1-14,16-17H;3*1H;;;/q3*-1;;;;3*+2/p-3. The Balaban J connectivity index is 0.000000131. The maximum atomic E-state index is 12.8. The molecule has 101 heavy (non-hydrogen) atoms. The Morgan fingerprint density at radius 1 is 0.366 bits per heavy atom. The summed E-state index contributed by atoms with van der Waals surface area (Å²) in [5.41, 5.74) is 11.6. The summed E-state index contributed by atoms with van der Waals surface area (Å²) in [6.07, 6.45) is 16.4. The molecule has 0 radical (unpaired) electrons. The average molecular weight is 1960 g/mol. The van der Waals surface area contributed by atoms with E-state index in [1.165, 1.54) is 20.2 Å². The van der Waals surface area contributed by atoms with Gasteiger partial charge in [0.2, 0.25) is 27.5 Å². The summed E-state index contributed by atoms with van der Waals surface area (Å²) >= 11 is 6.66. The van der Waals surface area contributed by atoms with Crippen LogP contribution in [0.5, 0.6) is 34.9 Å². The van der Waals surface area contributed by atoms with E-state index in [0.717, 1.165) is 72.3 Å². The Morgan fingerprint density at radius 2 is 0.782 bits per heavy atom. The second-order valence-electron chi connectivity index (χ2n) is 21.9. The molecule has 8 aromatic heterocycles. The molecule has 0 bridgehead atoms. The van der Waals surface area contributed by atoms with Crippen molar-refractivity contribution in [2.45, 2.75) is 9.79 Å². The molecule has 0 amide bonds. The van der Waals surface area contributed by atoms with Gasteiger partial charge in [-0.3, -0.25) is 14.0 Å². The summed E-state index contributed by atoms with van der Waals surface area (Å²) in [5.74, 6) is 3.26. The van der Waals surface area contributed by atoms with Crippen molar-refractivity contribution in [3.05, 3.63) is 311 Å². The minimum atomic E-state index is -3.48. The van der Waals surface area contributed by atoms with Crippen molar-refractivity contribution in [1.82, 2.24) is 44.3 Å². The van der Waals surface area contributed by atoms with Crippen molar-refractivity contribution in [3.63, 3.8) is 0 Å². The first-order valence-electron chi connectivity index (χ1n) is 30.4. The van der Waals surface area contributed by atoms with E-state index in [2.05, 4.69) is 137 Å². The van der Waals surface area contributed by atoms with Gasteiger partial charge in [-0.25, -0.2) is 23.4 Å². The van der Waals surface area contributed by atoms with Crippen LogP contribution in [0.3, 0.4) is 0 Å². The van der Waals surface area contributed by atoms with Crippen molar-refractivity contribution in [2.75, 3.05) is 0 Å². The quantitative estimate of drug-likeness (QED) is 0.106. The van der Waals surface area contributed by atoms with Gasteiger partial charge in [0, 0.05) is 131 Å². The van der Waals surface area contributed by atoms with Gasteiger partial charge in [-0.1, -0.05) is 91.0 Å². The summed E-state index contributed by atoms with van der Waals surface area (Å²) < 4.78 is 56.9. The van der Waals surface area contributed by atoms with Crippen LogP contribution in [0.2, 0.25) is 0 Å². The number of aromatic nitrogens is 9. The molecule has 0 saturated carbocycles. The first kappa shape index (κ1) is 69.8. The van der Waals surface area contributed by atoms with Crippen LogP contribution < -0.4 is 14.2 Å². The molecule has 17 aromatic rings. The monoisotopic (exact) mass is 1960 g/mol. The third-order valence-electron chi connectivity index (χ3n) is 15.8. The van der Waals surface area contributed by atoms with E-state index >= 15 is 0 Å². The third kappa shape index (κ3) is 15.8. The number of rotatable bonds is 12. The van der Waals surface area contributed by atoms with Gasteiger partial charge in [-0.2, -0.15) is 33.5 Å². The largest absolute Gasteiger partial charge is 0.466 e. The van der Waals surface area contributed by atoms with Crippen LogP contribution in [-0.2, 0) is 66.2 Å². The van der Waals surface area contributed by atoms with Crippen LogP contribution in [0.25, 0.3) is 104 Å². The SMILES string of the molecule is O=S1(=O)c2ccccc2-c2cc(-c3cnn(-c4[c-]c(Oc5ccccn5)ccc4)c3)ccc21.[Cl][Pt+].[Cl][Pt+].[Cl][Pt+].[c-]1c(Oc2ccccn2)cccc1-n1cc(-c2ccc3oc4ccccc4c3c2)cn1.[c-]1c(Oc2ccccn2)cccc1-n1cc(-c2ccc3sc4ccccc4c3c2)cn1. The topological polar surface area (TPSA) is 167 Å². The fourth-order valence-electron chi connectivity index (χ4n) is 11.3. The van der Waals surface area contributed by atoms with Gasteiger partial charge < -0.3 is 18.6 Å². The summed E-state index contributed by atoms with van der Waals surface area (Å²) in [5, 5.41) is 18.3. The van der Waals surface area contributed by atoms with E-state index in [1.807, 2.05) is 193 Å². The van der Waals surface area contributed by atoms with Gasteiger partial charge in [-0.05, 0) is 107 Å². The Morgan fingerprint density at radius 3 is 1.31 bits per heavy atom. The van der Waals surface area contributed by atoms with E-state index in [-0.39, 0.29) is 0 Å². The normalized spacial score (nSPS) is 11.5. The number of fused-ring (bicyclic) bond motifs is 9. The zero-order chi connectivity index (χ0) is 69.7. The summed E-state index contributed by atoms with van der Waals surface area (Å²) in [6, 6.07) is 85.2. The Labute approximate surface area is 630 Å². The number of nitrogens with zero attached hydrogens (tertiary/aromatic N) is 9. The van der Waals surface area contributed by atoms with Crippen molar-refractivity contribution in [3.8, 4) is 96.5 Å². The number of halogens is 3. The molecule has 0 aliphatic carbocycles. The van der Waals surface area contributed by atoms with E-state index in [9.17, 15) is 8.42 Å². The molecule has 0 saturated heterocycles. The minimum Gasteiger partial charge on any atom is -0.466 e. The van der Waals surface area contributed by atoms with Gasteiger partial charge in [0.25, 0.3) is 0 Å². The molecule has 18 rings (SSSR count). The fourth-order valence-corrected chi connectivity index (χ4v) is 14.0. The molecule has 9 aromatic carbocycles. The van der Waals surface area contributed by atoms with E-state index in [1.54, 1.807) is 121 Å². The van der Waals surface area contributed by atoms with Gasteiger partial charge >= 0.3 is 84.6 Å². The van der Waals surface area contributed by atoms with Crippen molar-refractivity contribution >= 4 is 91.5 Å². The molecule has 23 heteroatoms. The first-order chi connectivity index (χ1) is 49.8. The predicted molar refractivity (Wildman–Crippen MR) is 385 cm³/mol. The number of sulfone groups is 1. The number of hydrogen-bond acceptors (Lipinski definition) is 13. The van der Waals surface area contributed by atoms with E-state index < -0.39 is 9.84 Å². The van der Waals surface area contributed by atoms with Crippen molar-refractivity contribution in [1.29, 1.82) is 0 Å². The number of para-hydroxylation sites is 1. The molecule has 1 aliphatic heterocycles. The second kappa shape index (κ2) is 32.8. The van der Waals surface area contributed by atoms with Gasteiger partial charge in [-0.15, -0.1) is 65.9 Å². The van der Waals surface area contributed by atoms with Gasteiger partial charge in [0.15, 0.2) is 0 Å². The number of hydrogen-bond donors (Lipinski definition) is 0. The van der Waals surface area contributed by atoms with E-state index in [4.69, 9.17) is 18.6 Å². The van der Waals surface area contributed by atoms with Crippen LogP contribution in [0, 0.1) is 18.2 Å². The summed E-state index contributed by atoms with van der Waals surface area (Å²) in [4.78, 5) is 13.2. The molecule has 15 nitrogen and oxygen atoms in total. The van der Waals surface area contributed by atoms with Crippen LogP contribution in [0.15, 0.2) is 307 Å². The number of ether oxygens (including phenoxy) is 3. The van der Waals surface area contributed by atoms with Crippen LogP contribution >= 0.6 is 39.6 Å². The summed E-state index contributed by atoms with van der Waals surface area (Å²) in [6.45, 7) is 0. The average Bonchev–Trinajstić information content (AvgIpc) is 1.58. The molecule has 9 heterocycles. The zero-order valence-electron chi connectivity index (χ0n) is 52.1. The van der Waals surface area contributed by atoms with Gasteiger partial charge in [0.1, 0.15) is 11.2 Å². The molecule has 0 N–H and O–H groups in total. The fraction of sp³-hybridized carbons (Fsp3) is 0. The predicted octanol–water partition coefficient (Wildman–Crippen LogP) is 20.7. The number of benzene rings is 9. The van der Waals surface area contributed by atoms with Crippen molar-refractivity contribution < 1.29 is 83.4 Å². The maximum Gasteiger partial charge on any atom is 0.216 e. The molecule has 0 atom stereocenters. The molecule has 0 fully saturated rings. The molecule has 504 valence electrons. The Hall–Kier alpha value is -9.64. The van der Waals surface area contributed by atoms with Gasteiger partial charge in [0.05, 0.1) is 28.4 Å². The van der Waals surface area contributed by atoms with Crippen LogP contribution in [0.1, 0.15) is 0 Å². The number of pyridine rings is 3. The van der Waals surface area contributed by atoms with Crippen LogP contribution in [-0.4, -0.2) is 52.7 Å². The smallest absolute Gasteiger partial charge is 0.216 e. The molecular weight excluding hydrogens is 1910 g/mol.